The Morgan fingerprint density at radius 3 is 2.16 bits per heavy atom. The lowest BCUT2D eigenvalue weighted by Gasteiger charge is -2.22. The molecule has 0 aromatic carbocycles. The number of hydrogen-bond acceptors (Lipinski definition) is 0. The van der Waals surface area contributed by atoms with E-state index in [-0.39, 0.29) is 0 Å². The van der Waals surface area contributed by atoms with Crippen molar-refractivity contribution in [1.29, 1.82) is 0 Å². The molecule has 1 fully saturated rings. The summed E-state index contributed by atoms with van der Waals surface area (Å²) in [6, 6.07) is 0. The largest absolute Gasteiger partial charge is 0.0654 e. The summed E-state index contributed by atoms with van der Waals surface area (Å²) in [6.45, 7) is 4.78. The van der Waals surface area contributed by atoms with E-state index in [9.17, 15) is 0 Å². The van der Waals surface area contributed by atoms with Crippen LogP contribution >= 0.6 is 0 Å². The van der Waals surface area contributed by atoms with Crippen LogP contribution in [0.5, 0.6) is 0 Å². The third kappa shape index (κ3) is 9.52. The van der Waals surface area contributed by atoms with Crippen molar-refractivity contribution in [2.24, 2.45) is 11.8 Å². The van der Waals surface area contributed by atoms with Gasteiger partial charge in [0.2, 0.25) is 0 Å². The molecule has 0 amide bonds. The molecule has 0 radical (unpaired) electrons. The van der Waals surface area contributed by atoms with Gasteiger partial charge in [0.15, 0.2) is 0 Å². The lowest BCUT2D eigenvalue weighted by molar-refractivity contribution is 0.317. The zero-order chi connectivity index (χ0) is 13.8. The molecule has 0 aromatic rings. The van der Waals surface area contributed by atoms with Gasteiger partial charge in [0.25, 0.3) is 0 Å². The molecule has 1 rings (SSSR count). The first-order chi connectivity index (χ1) is 9.33. The highest BCUT2D eigenvalue weighted by Gasteiger charge is 2.13. The molecule has 19 heavy (non-hydrogen) atoms. The first-order valence-corrected chi connectivity index (χ1v) is 9.33. The molecule has 114 valence electrons. The Hall–Kier alpha value is 0. The highest BCUT2D eigenvalue weighted by molar-refractivity contribution is 4.66. The predicted octanol–water partition coefficient (Wildman–Crippen LogP) is 7.12. The van der Waals surface area contributed by atoms with Gasteiger partial charge in [-0.2, -0.15) is 0 Å². The summed E-state index contributed by atoms with van der Waals surface area (Å²) in [4.78, 5) is 0. The summed E-state index contributed by atoms with van der Waals surface area (Å²) in [5, 5.41) is 0. The van der Waals surface area contributed by atoms with Gasteiger partial charge in [-0.15, -0.1) is 0 Å². The van der Waals surface area contributed by atoms with Crippen LogP contribution in [0.15, 0.2) is 0 Å². The average molecular weight is 267 g/mol. The molecule has 0 nitrogen and oxygen atoms in total. The van der Waals surface area contributed by atoms with Crippen molar-refractivity contribution in [3.63, 3.8) is 0 Å². The molecule has 0 N–H and O–H groups in total. The van der Waals surface area contributed by atoms with Gasteiger partial charge in [0.05, 0.1) is 0 Å². The van der Waals surface area contributed by atoms with Crippen molar-refractivity contribution < 1.29 is 0 Å². The first-order valence-electron chi connectivity index (χ1n) is 9.33. The Kier molecular flexibility index (Phi) is 10.6. The molecule has 1 aliphatic carbocycles. The molecule has 1 saturated carbocycles. The van der Waals surface area contributed by atoms with Crippen molar-refractivity contribution in [3.8, 4) is 0 Å². The van der Waals surface area contributed by atoms with Gasteiger partial charge < -0.3 is 0 Å². The molecule has 0 spiro atoms. The maximum atomic E-state index is 2.48. The van der Waals surface area contributed by atoms with Gasteiger partial charge in [0.1, 0.15) is 0 Å². The van der Waals surface area contributed by atoms with Crippen LogP contribution in [-0.4, -0.2) is 0 Å². The van der Waals surface area contributed by atoms with E-state index in [4.69, 9.17) is 0 Å². The van der Waals surface area contributed by atoms with Crippen LogP contribution in [0, 0.1) is 11.8 Å². The van der Waals surface area contributed by atoms with E-state index in [1.54, 1.807) is 0 Å². The topological polar surface area (TPSA) is 0 Å². The normalized spacial score (nSPS) is 18.6. The molecular formula is C19H38. The van der Waals surface area contributed by atoms with E-state index in [2.05, 4.69) is 13.8 Å². The smallest absolute Gasteiger partial charge is 0.0414 e. The average Bonchev–Trinajstić information content (AvgIpc) is 2.44. The second kappa shape index (κ2) is 11.8. The maximum Gasteiger partial charge on any atom is -0.0414 e. The fourth-order valence-electron chi connectivity index (χ4n) is 3.65. The Labute approximate surface area is 122 Å². The van der Waals surface area contributed by atoms with Crippen LogP contribution in [0.4, 0.5) is 0 Å². The summed E-state index contributed by atoms with van der Waals surface area (Å²) in [6.07, 6.45) is 22.3. The summed E-state index contributed by atoms with van der Waals surface area (Å²) in [5.41, 5.74) is 0. The lowest BCUT2D eigenvalue weighted by atomic mass is 9.84. The zero-order valence-electron chi connectivity index (χ0n) is 13.8. The second-order valence-electron chi connectivity index (χ2n) is 7.10. The van der Waals surface area contributed by atoms with Gasteiger partial charge in [-0.05, 0) is 11.8 Å². The van der Waals surface area contributed by atoms with E-state index in [0.717, 1.165) is 11.8 Å². The Morgan fingerprint density at radius 1 is 0.789 bits per heavy atom. The third-order valence-corrected chi connectivity index (χ3v) is 5.08. The van der Waals surface area contributed by atoms with Crippen molar-refractivity contribution in [2.75, 3.05) is 0 Å². The number of hydrogen-bond donors (Lipinski definition) is 0. The van der Waals surface area contributed by atoms with E-state index in [1.807, 2.05) is 0 Å². The SMILES string of the molecule is CCCCCCCCC(C)CCCC1CCCCC1. The third-order valence-electron chi connectivity index (χ3n) is 5.08. The van der Waals surface area contributed by atoms with Gasteiger partial charge >= 0.3 is 0 Å². The van der Waals surface area contributed by atoms with E-state index < -0.39 is 0 Å². The highest BCUT2D eigenvalue weighted by atomic mass is 14.2. The van der Waals surface area contributed by atoms with Crippen LogP contribution in [0.2, 0.25) is 0 Å². The van der Waals surface area contributed by atoms with Crippen molar-refractivity contribution in [3.05, 3.63) is 0 Å². The minimum Gasteiger partial charge on any atom is -0.0654 e. The Balaban J connectivity index is 1.85. The minimum atomic E-state index is 0.981. The fourth-order valence-corrected chi connectivity index (χ4v) is 3.65. The van der Waals surface area contributed by atoms with Crippen molar-refractivity contribution in [2.45, 2.75) is 110 Å². The molecule has 1 unspecified atom stereocenters. The van der Waals surface area contributed by atoms with Crippen LogP contribution in [0.1, 0.15) is 110 Å². The summed E-state index contributed by atoms with van der Waals surface area (Å²) >= 11 is 0. The number of rotatable bonds is 11. The second-order valence-corrected chi connectivity index (χ2v) is 7.10. The fraction of sp³-hybridized carbons (Fsp3) is 1.00. The molecule has 0 aromatic heterocycles. The molecule has 0 heteroatoms. The highest BCUT2D eigenvalue weighted by Crippen LogP contribution is 2.28. The molecule has 1 atom stereocenters. The molecular weight excluding hydrogens is 228 g/mol. The molecule has 0 saturated heterocycles. The van der Waals surface area contributed by atoms with E-state index in [1.165, 1.54) is 96.3 Å². The van der Waals surface area contributed by atoms with Gasteiger partial charge in [-0.25, -0.2) is 0 Å². The lowest BCUT2D eigenvalue weighted by Crippen LogP contribution is -2.06. The number of unbranched alkanes of at least 4 members (excludes halogenated alkanes) is 5. The van der Waals surface area contributed by atoms with Gasteiger partial charge in [-0.1, -0.05) is 110 Å². The van der Waals surface area contributed by atoms with Crippen LogP contribution in [0.25, 0.3) is 0 Å². The molecule has 0 heterocycles. The summed E-state index contributed by atoms with van der Waals surface area (Å²) < 4.78 is 0. The predicted molar refractivity (Wildman–Crippen MR) is 87.6 cm³/mol. The quantitative estimate of drug-likeness (QED) is 0.349. The van der Waals surface area contributed by atoms with Crippen molar-refractivity contribution in [1.82, 2.24) is 0 Å². The Morgan fingerprint density at radius 2 is 1.42 bits per heavy atom. The molecule has 0 bridgehead atoms. The first kappa shape index (κ1) is 17.1. The molecule has 0 aliphatic heterocycles. The maximum absolute atomic E-state index is 2.48. The van der Waals surface area contributed by atoms with Gasteiger partial charge in [-0.3, -0.25) is 0 Å². The van der Waals surface area contributed by atoms with E-state index in [0.29, 0.717) is 0 Å². The van der Waals surface area contributed by atoms with Crippen LogP contribution < -0.4 is 0 Å². The monoisotopic (exact) mass is 266 g/mol. The van der Waals surface area contributed by atoms with Gasteiger partial charge in [0, 0.05) is 0 Å². The standard InChI is InChI=1S/C19H38/c1-3-4-5-6-7-9-13-18(2)14-12-17-19-15-10-8-11-16-19/h18-19H,3-17H2,1-2H3. The Bertz CT molecular complexity index is 178. The van der Waals surface area contributed by atoms with E-state index >= 15 is 0 Å². The van der Waals surface area contributed by atoms with Crippen LogP contribution in [-0.2, 0) is 0 Å². The summed E-state index contributed by atoms with van der Waals surface area (Å²) in [5.74, 6) is 2.07. The zero-order valence-corrected chi connectivity index (χ0v) is 13.8. The summed E-state index contributed by atoms with van der Waals surface area (Å²) in [7, 11) is 0. The molecule has 1 aliphatic rings. The van der Waals surface area contributed by atoms with Crippen LogP contribution in [0.3, 0.4) is 0 Å². The minimum absolute atomic E-state index is 0.981. The van der Waals surface area contributed by atoms with Crippen molar-refractivity contribution >= 4 is 0 Å².